The van der Waals surface area contributed by atoms with Gasteiger partial charge in [0.25, 0.3) is 0 Å². The van der Waals surface area contributed by atoms with Crippen molar-refractivity contribution in [3.05, 3.63) is 0 Å². The van der Waals surface area contributed by atoms with E-state index in [9.17, 15) is 4.79 Å². The van der Waals surface area contributed by atoms with Crippen LogP contribution in [0.15, 0.2) is 0 Å². The zero-order valence-electron chi connectivity index (χ0n) is 13.7. The minimum absolute atomic E-state index is 0.0339. The van der Waals surface area contributed by atoms with Crippen molar-refractivity contribution in [2.45, 2.75) is 56.7 Å². The van der Waals surface area contributed by atoms with Gasteiger partial charge in [0.2, 0.25) is 0 Å². The third kappa shape index (κ3) is 1.78. The Labute approximate surface area is 146 Å². The van der Waals surface area contributed by atoms with Crippen LogP contribution in [-0.4, -0.2) is 42.6 Å². The molecule has 0 aromatic heterocycles. The van der Waals surface area contributed by atoms with E-state index in [4.69, 9.17) is 13.9 Å². The maximum absolute atomic E-state index is 12.3. The van der Waals surface area contributed by atoms with Crippen molar-refractivity contribution in [3.8, 4) is 0 Å². The van der Waals surface area contributed by atoms with Crippen LogP contribution in [-0.2, 0) is 18.7 Å². The highest BCUT2D eigenvalue weighted by atomic mass is 127. The predicted molar refractivity (Wildman–Crippen MR) is 93.5 cm³/mol. The van der Waals surface area contributed by atoms with E-state index in [2.05, 4.69) is 49.2 Å². The molecule has 0 aromatic carbocycles. The highest BCUT2D eigenvalue weighted by molar-refractivity contribution is 14.1. The number of ether oxygens (including phenoxy) is 2. The summed E-state index contributed by atoms with van der Waals surface area (Å²) in [7, 11) is -1.82. The average molecular weight is 436 g/mol. The maximum atomic E-state index is 12.3. The molecule has 0 N–H and O–H groups in total. The summed E-state index contributed by atoms with van der Waals surface area (Å²) in [4.78, 5) is 12.3. The second-order valence-electron chi connectivity index (χ2n) is 8.53. The molecular formula is C16H25IO4Si. The van der Waals surface area contributed by atoms with Gasteiger partial charge >= 0.3 is 5.97 Å². The Balaban J connectivity index is 1.90. The molecule has 2 aliphatic heterocycles. The Kier molecular flexibility index (Phi) is 3.38. The summed E-state index contributed by atoms with van der Waals surface area (Å²) in [6.45, 7) is 9.80. The molecular weight excluding hydrogens is 411 g/mol. The standard InChI is InChI=1S/C16H25IO4Si/c1-9-10-7-19-16(8-17)11(10)5-12-14(9)15(16,6-13(18)20-12)21-22(2,3)4/h9-12,14H,5-8H2,1-4H3/t9-,10-,11+,12-,14+,15+,16-/m0/s1. The molecule has 6 bridgehead atoms. The van der Waals surface area contributed by atoms with Gasteiger partial charge in [-0.1, -0.05) is 29.5 Å². The maximum Gasteiger partial charge on any atom is 0.309 e. The highest BCUT2D eigenvalue weighted by Crippen LogP contribution is 2.68. The highest BCUT2D eigenvalue weighted by Gasteiger charge is 2.78. The molecule has 0 radical (unpaired) electrons. The number of carbonyl (C=O) groups is 1. The van der Waals surface area contributed by atoms with E-state index < -0.39 is 13.9 Å². The van der Waals surface area contributed by atoms with E-state index >= 15 is 0 Å². The molecule has 7 atom stereocenters. The first-order valence-electron chi connectivity index (χ1n) is 8.34. The van der Waals surface area contributed by atoms with Crippen LogP contribution in [0.5, 0.6) is 0 Å². The number of esters is 1. The minimum Gasteiger partial charge on any atom is -0.462 e. The van der Waals surface area contributed by atoms with Gasteiger partial charge in [0.05, 0.1) is 13.0 Å². The Morgan fingerprint density at radius 2 is 2.14 bits per heavy atom. The number of hydrogen-bond donors (Lipinski definition) is 0. The molecule has 5 fully saturated rings. The zero-order chi connectivity index (χ0) is 15.9. The molecule has 2 saturated heterocycles. The Morgan fingerprint density at radius 1 is 1.41 bits per heavy atom. The number of carbonyl (C=O) groups excluding carboxylic acids is 1. The van der Waals surface area contributed by atoms with E-state index in [0.29, 0.717) is 30.1 Å². The van der Waals surface area contributed by atoms with Crippen LogP contribution in [0.1, 0.15) is 19.8 Å². The first-order valence-corrected chi connectivity index (χ1v) is 13.3. The molecule has 0 spiro atoms. The summed E-state index contributed by atoms with van der Waals surface area (Å²) in [6, 6.07) is 0. The normalized spacial score (nSPS) is 52.8. The summed E-state index contributed by atoms with van der Waals surface area (Å²) in [6.07, 6.45) is 1.37. The third-order valence-electron chi connectivity index (χ3n) is 6.41. The van der Waals surface area contributed by atoms with Crippen LogP contribution < -0.4 is 0 Å². The fraction of sp³-hybridized carbons (Fsp3) is 0.938. The first-order chi connectivity index (χ1) is 10.2. The van der Waals surface area contributed by atoms with Crippen LogP contribution in [0.3, 0.4) is 0 Å². The van der Waals surface area contributed by atoms with Crippen molar-refractivity contribution < 1.29 is 18.7 Å². The Bertz CT molecular complexity index is 521. The molecule has 3 saturated carbocycles. The minimum atomic E-state index is -1.82. The fourth-order valence-corrected chi connectivity index (χ4v) is 8.85. The molecule has 0 unspecified atom stereocenters. The van der Waals surface area contributed by atoms with Gasteiger partial charge < -0.3 is 13.9 Å². The SMILES string of the molecule is C[C@H]1[C@@H]2CO[C@@]3(CI)[C@@H]2C[C@@H]2OC(=O)C[C@@]3(O[Si](C)(C)C)[C@H]12. The summed E-state index contributed by atoms with van der Waals surface area (Å²) >= 11 is 2.45. The van der Waals surface area contributed by atoms with Gasteiger partial charge in [-0.25, -0.2) is 0 Å². The molecule has 4 nitrogen and oxygen atoms in total. The monoisotopic (exact) mass is 436 g/mol. The second kappa shape index (κ2) is 4.70. The van der Waals surface area contributed by atoms with Crippen molar-refractivity contribution in [3.63, 3.8) is 0 Å². The lowest BCUT2D eigenvalue weighted by atomic mass is 9.46. The average Bonchev–Trinajstić information content (AvgIpc) is 2.72. The van der Waals surface area contributed by atoms with E-state index in [-0.39, 0.29) is 17.7 Å². The smallest absolute Gasteiger partial charge is 0.309 e. The third-order valence-corrected chi connectivity index (χ3v) is 8.52. The zero-order valence-corrected chi connectivity index (χ0v) is 16.9. The first kappa shape index (κ1) is 15.8. The van der Waals surface area contributed by atoms with Gasteiger partial charge in [-0.15, -0.1) is 0 Å². The molecule has 5 aliphatic rings. The molecule has 2 heterocycles. The van der Waals surface area contributed by atoms with Crippen LogP contribution in [0.25, 0.3) is 0 Å². The summed E-state index contributed by atoms with van der Waals surface area (Å²) in [5.74, 6) is 1.78. The van der Waals surface area contributed by atoms with Gasteiger partial charge in [0.15, 0.2) is 8.32 Å². The molecule has 124 valence electrons. The van der Waals surface area contributed by atoms with E-state index in [1.165, 1.54) is 0 Å². The second-order valence-corrected chi connectivity index (χ2v) is 13.7. The van der Waals surface area contributed by atoms with Crippen molar-refractivity contribution in [2.24, 2.45) is 23.7 Å². The number of alkyl halides is 1. The van der Waals surface area contributed by atoms with Crippen LogP contribution in [0, 0.1) is 23.7 Å². The van der Waals surface area contributed by atoms with Crippen LogP contribution in [0.2, 0.25) is 19.6 Å². The molecule has 0 amide bonds. The Morgan fingerprint density at radius 3 is 2.77 bits per heavy atom. The van der Waals surface area contributed by atoms with Crippen LogP contribution >= 0.6 is 22.6 Å². The van der Waals surface area contributed by atoms with Crippen molar-refractivity contribution >= 4 is 36.9 Å². The van der Waals surface area contributed by atoms with Crippen molar-refractivity contribution in [2.75, 3.05) is 11.0 Å². The quantitative estimate of drug-likeness (QED) is 0.295. The van der Waals surface area contributed by atoms with E-state index in [1.54, 1.807) is 0 Å². The molecule has 3 aliphatic carbocycles. The lowest BCUT2D eigenvalue weighted by molar-refractivity contribution is -0.282. The summed E-state index contributed by atoms with van der Waals surface area (Å²) in [5, 5.41) is 0. The van der Waals surface area contributed by atoms with Gasteiger partial charge in [-0.05, 0) is 37.9 Å². The van der Waals surface area contributed by atoms with Gasteiger partial charge in [0, 0.05) is 16.3 Å². The molecule has 5 rings (SSSR count). The largest absolute Gasteiger partial charge is 0.462 e. The Hall–Kier alpha value is 0.337. The van der Waals surface area contributed by atoms with Crippen LogP contribution in [0.4, 0.5) is 0 Å². The lowest BCUT2D eigenvalue weighted by Gasteiger charge is -2.67. The lowest BCUT2D eigenvalue weighted by Crippen LogP contribution is -2.78. The molecule has 6 heteroatoms. The van der Waals surface area contributed by atoms with Gasteiger partial charge in [0.1, 0.15) is 17.3 Å². The van der Waals surface area contributed by atoms with Gasteiger partial charge in [-0.2, -0.15) is 0 Å². The van der Waals surface area contributed by atoms with E-state index in [0.717, 1.165) is 17.5 Å². The summed E-state index contributed by atoms with van der Waals surface area (Å²) < 4.78 is 20.0. The number of halogens is 1. The van der Waals surface area contributed by atoms with Crippen molar-refractivity contribution in [1.82, 2.24) is 0 Å². The summed E-state index contributed by atoms with van der Waals surface area (Å²) in [5.41, 5.74) is -0.750. The molecule has 22 heavy (non-hydrogen) atoms. The number of rotatable bonds is 3. The number of hydrogen-bond acceptors (Lipinski definition) is 4. The molecule has 0 aromatic rings. The fourth-order valence-electron chi connectivity index (χ4n) is 5.94. The topological polar surface area (TPSA) is 44.8 Å². The van der Waals surface area contributed by atoms with E-state index in [1.807, 2.05) is 0 Å². The van der Waals surface area contributed by atoms with Crippen molar-refractivity contribution in [1.29, 1.82) is 0 Å². The predicted octanol–water partition coefficient (Wildman–Crippen LogP) is 3.00. The van der Waals surface area contributed by atoms with Gasteiger partial charge in [-0.3, -0.25) is 4.79 Å².